The van der Waals surface area contributed by atoms with Crippen molar-refractivity contribution >= 4 is 27.0 Å². The first-order chi connectivity index (χ1) is 5.59. The Morgan fingerprint density at radius 3 is 3.17 bits per heavy atom. The van der Waals surface area contributed by atoms with Gasteiger partial charge in [0.2, 0.25) is 0 Å². The van der Waals surface area contributed by atoms with E-state index in [0.717, 1.165) is 0 Å². The second-order valence-electron chi connectivity index (χ2n) is 2.55. The Morgan fingerprint density at radius 2 is 2.42 bits per heavy atom. The van der Waals surface area contributed by atoms with E-state index in [1.807, 2.05) is 0 Å². The van der Waals surface area contributed by atoms with Gasteiger partial charge in [0.25, 0.3) is 5.91 Å². The number of carbonyl (C=O) groups excluding carboxylic acids is 1. The number of nitrogens with zero attached hydrogens (tertiary/aromatic N) is 2. The smallest absolute Gasteiger partial charge is 0.260 e. The lowest BCUT2D eigenvalue weighted by Gasteiger charge is -2.07. The summed E-state index contributed by atoms with van der Waals surface area (Å²) in [6.07, 6.45) is 1.67. The predicted octanol–water partition coefficient (Wildman–Crippen LogP) is 0.683. The number of hydrogen-bond donors (Lipinski definition) is 0. The highest BCUT2D eigenvalue weighted by molar-refractivity contribution is 7.95. The molecule has 0 radical (unpaired) electrons. The van der Waals surface area contributed by atoms with Crippen molar-refractivity contribution in [2.45, 2.75) is 10.6 Å². The van der Waals surface area contributed by atoms with Crippen LogP contribution in [0.3, 0.4) is 0 Å². The molecule has 1 aliphatic rings. The van der Waals surface area contributed by atoms with Crippen LogP contribution in [0.25, 0.3) is 0 Å². The molecule has 0 saturated heterocycles. The first-order valence-electron chi connectivity index (χ1n) is 3.27. The van der Waals surface area contributed by atoms with Crippen LogP contribution in [0.1, 0.15) is 5.69 Å². The molecule has 0 fully saturated rings. The molecule has 0 spiro atoms. The summed E-state index contributed by atoms with van der Waals surface area (Å²) in [6.45, 7) is 0. The maximum Gasteiger partial charge on any atom is 0.260 e. The molecule has 12 heavy (non-hydrogen) atoms. The van der Waals surface area contributed by atoms with Crippen LogP contribution in [-0.2, 0) is 20.9 Å². The molecule has 2 rings (SSSR count). The van der Waals surface area contributed by atoms with Gasteiger partial charge in [-0.3, -0.25) is 4.79 Å². The molecule has 2 heterocycles. The molecule has 1 atom stereocenters. The summed E-state index contributed by atoms with van der Waals surface area (Å²) in [5.41, 5.74) is 2.23. The number of rotatable bonds is 0. The van der Waals surface area contributed by atoms with E-state index in [2.05, 4.69) is 9.35 Å². The summed E-state index contributed by atoms with van der Waals surface area (Å²) in [5, 5.41) is 0. The Balaban J connectivity index is 2.77. The zero-order chi connectivity index (χ0) is 8.77. The zero-order valence-electron chi connectivity index (χ0n) is 6.31. The van der Waals surface area contributed by atoms with E-state index in [1.165, 1.54) is 17.6 Å². The summed E-state index contributed by atoms with van der Waals surface area (Å²) in [7, 11) is -2.47. The van der Waals surface area contributed by atoms with E-state index in [4.69, 9.17) is 0 Å². The van der Waals surface area contributed by atoms with E-state index >= 15 is 0 Å². The Morgan fingerprint density at radius 1 is 1.67 bits per heavy atom. The topological polar surface area (TPSA) is 59.4 Å². The number of thiazole rings is 1. The lowest BCUT2D eigenvalue weighted by molar-refractivity contribution is -0.117. The van der Waals surface area contributed by atoms with E-state index in [1.54, 1.807) is 5.51 Å². The van der Waals surface area contributed by atoms with Crippen molar-refractivity contribution < 1.29 is 9.00 Å². The van der Waals surface area contributed by atoms with Gasteiger partial charge < -0.3 is 0 Å². The fourth-order valence-corrected chi connectivity index (χ4v) is 3.69. The van der Waals surface area contributed by atoms with E-state index < -0.39 is 9.73 Å². The average molecular weight is 202 g/mol. The van der Waals surface area contributed by atoms with Gasteiger partial charge in [0.1, 0.15) is 4.21 Å². The summed E-state index contributed by atoms with van der Waals surface area (Å²) < 4.78 is 15.9. The van der Waals surface area contributed by atoms with Crippen LogP contribution in [0.2, 0.25) is 0 Å². The van der Waals surface area contributed by atoms with Gasteiger partial charge in [0.05, 0.1) is 27.4 Å². The van der Waals surface area contributed by atoms with Gasteiger partial charge in [-0.1, -0.05) is 0 Å². The minimum atomic E-state index is -2.47. The van der Waals surface area contributed by atoms with Crippen molar-refractivity contribution in [1.82, 2.24) is 4.98 Å². The third kappa shape index (κ3) is 1.07. The maximum absolute atomic E-state index is 11.7. The van der Waals surface area contributed by atoms with Crippen molar-refractivity contribution in [2.24, 2.45) is 4.36 Å². The summed E-state index contributed by atoms with van der Waals surface area (Å²) in [5.74, 6) is -0.332. The first kappa shape index (κ1) is 7.88. The first-order valence-corrected chi connectivity index (χ1v) is 6.07. The highest BCUT2D eigenvalue weighted by Crippen LogP contribution is 2.25. The van der Waals surface area contributed by atoms with Crippen molar-refractivity contribution in [3.8, 4) is 0 Å². The molecule has 1 aromatic rings. The van der Waals surface area contributed by atoms with Crippen LogP contribution in [-0.4, -0.2) is 21.4 Å². The molecule has 0 saturated carbocycles. The van der Waals surface area contributed by atoms with Crippen molar-refractivity contribution in [3.63, 3.8) is 0 Å². The second-order valence-corrected chi connectivity index (χ2v) is 5.86. The van der Waals surface area contributed by atoms with Crippen LogP contribution < -0.4 is 0 Å². The average Bonchev–Trinajstić information content (AvgIpc) is 2.32. The molecule has 6 heteroatoms. The van der Waals surface area contributed by atoms with Gasteiger partial charge in [0, 0.05) is 6.26 Å². The van der Waals surface area contributed by atoms with E-state index in [9.17, 15) is 9.00 Å². The summed E-state index contributed by atoms with van der Waals surface area (Å²) >= 11 is 1.30. The Bertz CT molecular complexity index is 454. The third-order valence-corrected chi connectivity index (χ3v) is 4.90. The van der Waals surface area contributed by atoms with Crippen molar-refractivity contribution in [2.75, 3.05) is 6.26 Å². The van der Waals surface area contributed by atoms with E-state index in [-0.39, 0.29) is 12.3 Å². The van der Waals surface area contributed by atoms with Gasteiger partial charge in [-0.15, -0.1) is 11.3 Å². The molecular weight excluding hydrogens is 196 g/mol. The van der Waals surface area contributed by atoms with Crippen LogP contribution >= 0.6 is 11.3 Å². The van der Waals surface area contributed by atoms with Crippen molar-refractivity contribution in [1.29, 1.82) is 0 Å². The summed E-state index contributed by atoms with van der Waals surface area (Å²) in [6, 6.07) is 0. The van der Waals surface area contributed by atoms with Gasteiger partial charge >= 0.3 is 0 Å². The molecule has 0 bridgehead atoms. The molecule has 1 unspecified atom stereocenters. The number of hydrogen-bond acceptors (Lipinski definition) is 4. The summed E-state index contributed by atoms with van der Waals surface area (Å²) in [4.78, 5) is 14.9. The highest BCUT2D eigenvalue weighted by Gasteiger charge is 2.23. The van der Waals surface area contributed by atoms with Crippen molar-refractivity contribution in [3.05, 3.63) is 11.2 Å². The fourth-order valence-electron chi connectivity index (χ4n) is 1.10. The molecule has 1 amide bonds. The maximum atomic E-state index is 11.7. The van der Waals surface area contributed by atoms with Crippen LogP contribution in [0.4, 0.5) is 0 Å². The zero-order valence-corrected chi connectivity index (χ0v) is 7.94. The SMILES string of the molecule is CS1(=O)=NC(=O)Cc2ncsc21. The largest absolute Gasteiger partial charge is 0.271 e. The quantitative estimate of drug-likeness (QED) is 0.621. The number of fused-ring (bicyclic) bond motifs is 1. The lowest BCUT2D eigenvalue weighted by atomic mass is 10.3. The monoisotopic (exact) mass is 202 g/mol. The molecule has 64 valence electrons. The van der Waals surface area contributed by atoms with Crippen LogP contribution in [0, 0.1) is 0 Å². The minimum absolute atomic E-state index is 0.198. The number of amides is 1. The normalized spacial score (nSPS) is 27.9. The predicted molar refractivity (Wildman–Crippen MR) is 45.6 cm³/mol. The third-order valence-electron chi connectivity index (χ3n) is 1.54. The number of aromatic nitrogens is 1. The second kappa shape index (κ2) is 2.37. The molecule has 1 aromatic heterocycles. The molecule has 4 nitrogen and oxygen atoms in total. The standard InChI is InChI=1S/C6H6N2O2S2/c1-12(10)6-4(7-3-11-6)2-5(9)8-12/h3H,2H2,1H3. The number of carbonyl (C=O) groups is 1. The fraction of sp³-hybridized carbons (Fsp3) is 0.333. The van der Waals surface area contributed by atoms with Gasteiger partial charge in [0.15, 0.2) is 0 Å². The molecular formula is C6H6N2O2S2. The highest BCUT2D eigenvalue weighted by atomic mass is 32.2. The molecule has 0 aromatic carbocycles. The Kier molecular flexibility index (Phi) is 1.55. The Labute approximate surface area is 73.8 Å². The molecule has 0 aliphatic carbocycles. The minimum Gasteiger partial charge on any atom is -0.271 e. The van der Waals surface area contributed by atoms with Gasteiger partial charge in [-0.25, -0.2) is 9.19 Å². The van der Waals surface area contributed by atoms with Gasteiger partial charge in [-0.05, 0) is 0 Å². The molecule has 1 aliphatic heterocycles. The Hall–Kier alpha value is -0.750. The van der Waals surface area contributed by atoms with Crippen LogP contribution in [0.15, 0.2) is 14.1 Å². The lowest BCUT2D eigenvalue weighted by Crippen LogP contribution is -2.13. The van der Waals surface area contributed by atoms with Crippen LogP contribution in [0.5, 0.6) is 0 Å². The molecule has 0 N–H and O–H groups in total. The van der Waals surface area contributed by atoms with Gasteiger partial charge in [-0.2, -0.15) is 4.36 Å². The van der Waals surface area contributed by atoms with E-state index in [0.29, 0.717) is 9.90 Å².